The van der Waals surface area contributed by atoms with Crippen molar-refractivity contribution in [3.8, 4) is 5.75 Å². The fourth-order valence-electron chi connectivity index (χ4n) is 4.10. The van der Waals surface area contributed by atoms with Gasteiger partial charge in [-0.15, -0.1) is 0 Å². The molecule has 2 heterocycles. The maximum Gasteiger partial charge on any atom is 0.373 e. The molecule has 0 unspecified atom stereocenters. The van der Waals surface area contributed by atoms with Gasteiger partial charge in [-0.05, 0) is 47.2 Å². The van der Waals surface area contributed by atoms with Gasteiger partial charge in [-0.2, -0.15) is 0 Å². The highest BCUT2D eigenvalue weighted by molar-refractivity contribution is 6.14. The van der Waals surface area contributed by atoms with Crippen molar-refractivity contribution in [2.24, 2.45) is 0 Å². The first kappa shape index (κ1) is 25.3. The van der Waals surface area contributed by atoms with Crippen LogP contribution < -0.4 is 15.4 Å². The van der Waals surface area contributed by atoms with Crippen LogP contribution in [0, 0.1) is 0 Å². The van der Waals surface area contributed by atoms with Crippen molar-refractivity contribution in [3.63, 3.8) is 0 Å². The minimum absolute atomic E-state index is 0.0229. The third-order valence-electron chi connectivity index (χ3n) is 5.96. The number of benzene rings is 3. The van der Waals surface area contributed by atoms with Crippen molar-refractivity contribution >= 4 is 46.4 Å². The molecular weight excluding hydrogens is 502 g/mol. The van der Waals surface area contributed by atoms with E-state index in [1.54, 1.807) is 18.2 Å². The van der Waals surface area contributed by atoms with Gasteiger partial charge in [-0.3, -0.25) is 14.5 Å². The fourth-order valence-corrected chi connectivity index (χ4v) is 4.10. The number of anilines is 1. The second-order valence-electron chi connectivity index (χ2n) is 8.54. The highest BCUT2D eigenvalue weighted by Crippen LogP contribution is 2.31. The number of amides is 4. The number of methoxy groups -OCH3 is 1. The van der Waals surface area contributed by atoms with E-state index in [-0.39, 0.29) is 36.3 Å². The monoisotopic (exact) mass is 525 g/mol. The Morgan fingerprint density at radius 2 is 1.74 bits per heavy atom. The number of imide groups is 1. The molecule has 1 saturated heterocycles. The number of rotatable bonds is 8. The number of urea groups is 1. The van der Waals surface area contributed by atoms with Crippen LogP contribution in [0.3, 0.4) is 0 Å². The van der Waals surface area contributed by atoms with Gasteiger partial charge in [-0.25, -0.2) is 9.59 Å². The molecule has 1 fully saturated rings. The van der Waals surface area contributed by atoms with E-state index in [2.05, 4.69) is 15.4 Å². The number of nitrogens with one attached hydrogen (secondary N) is 2. The molecule has 0 saturated carbocycles. The number of fused-ring (bicyclic) bond motifs is 1. The summed E-state index contributed by atoms with van der Waals surface area (Å²) in [6, 6.07) is 22.3. The molecule has 4 aromatic rings. The van der Waals surface area contributed by atoms with Gasteiger partial charge >= 0.3 is 12.0 Å². The van der Waals surface area contributed by atoms with Gasteiger partial charge in [0.1, 0.15) is 17.2 Å². The lowest BCUT2D eigenvalue weighted by Gasteiger charge is -2.13. The van der Waals surface area contributed by atoms with E-state index < -0.39 is 17.9 Å². The summed E-state index contributed by atoms with van der Waals surface area (Å²) in [5.74, 6) is -1.05. The molecule has 1 aromatic heterocycles. The van der Waals surface area contributed by atoms with Gasteiger partial charge in [0.15, 0.2) is 6.61 Å². The number of carbonyl (C=O) groups is 4. The lowest BCUT2D eigenvalue weighted by atomic mass is 10.0. The number of para-hydroxylation sites is 1. The van der Waals surface area contributed by atoms with E-state index in [1.165, 1.54) is 25.3 Å². The van der Waals surface area contributed by atoms with Gasteiger partial charge in [0.25, 0.3) is 11.8 Å². The number of hydrogen-bond acceptors (Lipinski definition) is 7. The Labute approximate surface area is 222 Å². The van der Waals surface area contributed by atoms with Crippen molar-refractivity contribution < 1.29 is 33.1 Å². The van der Waals surface area contributed by atoms with E-state index in [0.717, 1.165) is 15.7 Å². The third kappa shape index (κ3) is 5.49. The minimum atomic E-state index is -0.667. The van der Waals surface area contributed by atoms with Gasteiger partial charge in [0.05, 0.1) is 13.7 Å². The number of furan rings is 1. The Bertz CT molecular complexity index is 1610. The van der Waals surface area contributed by atoms with Crippen LogP contribution in [-0.2, 0) is 20.9 Å². The molecule has 0 atom stereocenters. The first-order valence-corrected chi connectivity index (χ1v) is 11.9. The molecular formula is C29H23N3O7. The lowest BCUT2D eigenvalue weighted by Crippen LogP contribution is -2.30. The second kappa shape index (κ2) is 10.9. The summed E-state index contributed by atoms with van der Waals surface area (Å²) in [5.41, 5.74) is 1.19. The zero-order valence-electron chi connectivity index (χ0n) is 20.8. The summed E-state index contributed by atoms with van der Waals surface area (Å²) in [5, 5.41) is 6.99. The van der Waals surface area contributed by atoms with Crippen LogP contribution in [-0.4, -0.2) is 42.4 Å². The zero-order valence-corrected chi connectivity index (χ0v) is 20.8. The Morgan fingerprint density at radius 3 is 2.54 bits per heavy atom. The first-order valence-electron chi connectivity index (χ1n) is 11.9. The molecule has 1 aliphatic rings. The molecule has 0 spiro atoms. The number of nitrogens with zero attached hydrogens (tertiary/aromatic N) is 1. The van der Waals surface area contributed by atoms with Crippen LogP contribution >= 0.6 is 0 Å². The smallest absolute Gasteiger partial charge is 0.373 e. The summed E-state index contributed by atoms with van der Waals surface area (Å²) >= 11 is 0. The maximum atomic E-state index is 13.2. The lowest BCUT2D eigenvalue weighted by molar-refractivity contribution is -0.123. The zero-order chi connectivity index (χ0) is 27.4. The third-order valence-corrected chi connectivity index (χ3v) is 5.96. The van der Waals surface area contributed by atoms with Crippen LogP contribution in [0.4, 0.5) is 10.5 Å². The number of esters is 1. The molecule has 5 rings (SSSR count). The minimum Gasteiger partial charge on any atom is -0.483 e. The Balaban J connectivity index is 1.39. The molecule has 2 N–H and O–H groups in total. The quantitative estimate of drug-likeness (QED) is 0.199. The number of carbonyl (C=O) groups excluding carboxylic acids is 4. The van der Waals surface area contributed by atoms with Crippen LogP contribution in [0.2, 0.25) is 0 Å². The predicted molar refractivity (Wildman–Crippen MR) is 142 cm³/mol. The summed E-state index contributed by atoms with van der Waals surface area (Å²) in [6.07, 6.45) is 1.52. The average molecular weight is 526 g/mol. The van der Waals surface area contributed by atoms with E-state index in [4.69, 9.17) is 9.15 Å². The van der Waals surface area contributed by atoms with Crippen molar-refractivity contribution in [1.29, 1.82) is 0 Å². The summed E-state index contributed by atoms with van der Waals surface area (Å²) < 4.78 is 15.9. The van der Waals surface area contributed by atoms with Crippen LogP contribution in [0.1, 0.15) is 21.9 Å². The second-order valence-corrected chi connectivity index (χ2v) is 8.54. The average Bonchev–Trinajstić information content (AvgIpc) is 3.53. The highest BCUT2D eigenvalue weighted by Gasteiger charge is 2.34. The molecule has 10 nitrogen and oxygen atoms in total. The van der Waals surface area contributed by atoms with Crippen LogP contribution in [0.15, 0.2) is 89.0 Å². The molecule has 1 aliphatic heterocycles. The first-order chi connectivity index (χ1) is 18.9. The van der Waals surface area contributed by atoms with Crippen molar-refractivity contribution in [3.05, 3.63) is 102 Å². The summed E-state index contributed by atoms with van der Waals surface area (Å²) in [6.45, 7) is -0.450. The van der Waals surface area contributed by atoms with Gasteiger partial charge in [0.2, 0.25) is 5.76 Å². The molecule has 10 heteroatoms. The molecule has 196 valence electrons. The maximum absolute atomic E-state index is 13.2. The topological polar surface area (TPSA) is 127 Å². The molecule has 0 aliphatic carbocycles. The summed E-state index contributed by atoms with van der Waals surface area (Å²) in [4.78, 5) is 50.9. The van der Waals surface area contributed by atoms with E-state index >= 15 is 0 Å². The Kier molecular flexibility index (Phi) is 7.09. The standard InChI is InChI=1S/C29H23N3O7/c1-37-28(35)25-14-12-20(39-25)16-32-27(34)23(31-29(32)36)15-22-21-10-6-5-7-18(21)11-13-24(22)38-17-26(33)30-19-8-3-2-4-9-19/h2-15H,16-17H2,1H3,(H,30,33)(H,31,36)/b23-15-. The SMILES string of the molecule is COC(=O)c1ccc(CN2C(=O)N/C(=C\c3c(OCC(=O)Nc4ccccc4)ccc4ccccc34)C2=O)o1. The van der Waals surface area contributed by atoms with E-state index in [0.29, 0.717) is 17.0 Å². The van der Waals surface area contributed by atoms with Gasteiger partial charge < -0.3 is 24.5 Å². The van der Waals surface area contributed by atoms with Crippen LogP contribution in [0.5, 0.6) is 5.75 Å². The molecule has 39 heavy (non-hydrogen) atoms. The van der Waals surface area contributed by atoms with E-state index in [9.17, 15) is 19.2 Å². The molecule has 0 bridgehead atoms. The Hall–Kier alpha value is -5.38. The summed E-state index contributed by atoms with van der Waals surface area (Å²) in [7, 11) is 1.22. The van der Waals surface area contributed by atoms with Crippen molar-refractivity contribution in [2.75, 3.05) is 19.0 Å². The highest BCUT2D eigenvalue weighted by atomic mass is 16.5. The van der Waals surface area contributed by atoms with Crippen molar-refractivity contribution in [2.45, 2.75) is 6.54 Å². The Morgan fingerprint density at radius 1 is 0.974 bits per heavy atom. The number of ether oxygens (including phenoxy) is 2. The predicted octanol–water partition coefficient (Wildman–Crippen LogP) is 4.33. The molecule has 3 aromatic carbocycles. The number of hydrogen-bond donors (Lipinski definition) is 2. The molecule has 4 amide bonds. The van der Waals surface area contributed by atoms with Gasteiger partial charge in [0, 0.05) is 11.3 Å². The van der Waals surface area contributed by atoms with E-state index in [1.807, 2.05) is 48.5 Å². The normalized spacial score (nSPS) is 14.0. The van der Waals surface area contributed by atoms with Crippen LogP contribution in [0.25, 0.3) is 16.8 Å². The molecule has 0 radical (unpaired) electrons. The fraction of sp³-hybridized carbons (Fsp3) is 0.103. The van der Waals surface area contributed by atoms with Crippen molar-refractivity contribution in [1.82, 2.24) is 10.2 Å². The largest absolute Gasteiger partial charge is 0.483 e. The van der Waals surface area contributed by atoms with Gasteiger partial charge in [-0.1, -0.05) is 48.5 Å².